The maximum atomic E-state index is 12.9. The van der Waals surface area contributed by atoms with Crippen LogP contribution in [0.2, 0.25) is 0 Å². The molecule has 0 spiro atoms. The Hall–Kier alpha value is -2.00. The zero-order chi connectivity index (χ0) is 17.5. The van der Waals surface area contributed by atoms with Gasteiger partial charge in [-0.1, -0.05) is 6.07 Å². The SMILES string of the molecule is CCN1C[C@H](CN(C)S(=O)(=O)c2cccc3nn(C)nc23)CC1=O. The summed E-state index contributed by atoms with van der Waals surface area (Å²) in [5.41, 5.74) is 0.907. The van der Waals surface area contributed by atoms with Crippen LogP contribution in [-0.2, 0) is 21.9 Å². The molecule has 1 aliphatic heterocycles. The van der Waals surface area contributed by atoms with E-state index in [0.29, 0.717) is 37.1 Å². The molecule has 1 saturated heterocycles. The van der Waals surface area contributed by atoms with Gasteiger partial charge in [-0.15, -0.1) is 0 Å². The summed E-state index contributed by atoms with van der Waals surface area (Å²) in [4.78, 5) is 15.1. The third kappa shape index (κ3) is 2.89. The van der Waals surface area contributed by atoms with Crippen LogP contribution < -0.4 is 0 Å². The summed E-state index contributed by atoms with van der Waals surface area (Å²) in [6, 6.07) is 4.94. The van der Waals surface area contributed by atoms with Crippen LogP contribution in [0.3, 0.4) is 0 Å². The fourth-order valence-corrected chi connectivity index (χ4v) is 4.52. The van der Waals surface area contributed by atoms with Crippen LogP contribution >= 0.6 is 0 Å². The Labute approximate surface area is 141 Å². The van der Waals surface area contributed by atoms with Gasteiger partial charge in [0, 0.05) is 40.2 Å². The van der Waals surface area contributed by atoms with E-state index >= 15 is 0 Å². The lowest BCUT2D eigenvalue weighted by Gasteiger charge is -2.21. The Morgan fingerprint density at radius 2 is 2.08 bits per heavy atom. The summed E-state index contributed by atoms with van der Waals surface area (Å²) >= 11 is 0. The smallest absolute Gasteiger partial charge is 0.245 e. The highest BCUT2D eigenvalue weighted by molar-refractivity contribution is 7.89. The number of aromatic nitrogens is 3. The van der Waals surface area contributed by atoms with Crippen molar-refractivity contribution in [3.8, 4) is 0 Å². The van der Waals surface area contributed by atoms with Crippen molar-refractivity contribution in [3.05, 3.63) is 18.2 Å². The summed E-state index contributed by atoms with van der Waals surface area (Å²) < 4.78 is 27.2. The van der Waals surface area contributed by atoms with E-state index < -0.39 is 10.0 Å². The third-order valence-electron chi connectivity index (χ3n) is 4.35. The van der Waals surface area contributed by atoms with Gasteiger partial charge in [-0.3, -0.25) is 4.79 Å². The van der Waals surface area contributed by atoms with Crippen molar-refractivity contribution in [1.82, 2.24) is 24.2 Å². The van der Waals surface area contributed by atoms with Crippen molar-refractivity contribution in [2.75, 3.05) is 26.7 Å². The van der Waals surface area contributed by atoms with Gasteiger partial charge in [0.1, 0.15) is 15.9 Å². The van der Waals surface area contributed by atoms with Crippen LogP contribution in [0, 0.1) is 5.92 Å². The molecular weight excluding hydrogens is 330 g/mol. The standard InChI is InChI=1S/C15H21N5O3S/c1-4-20-10-11(8-14(20)21)9-18(2)24(22,23)13-7-5-6-12-15(13)17-19(3)16-12/h5-7,11H,4,8-10H2,1-3H3/t11-/m0/s1. The number of fused-ring (bicyclic) bond motifs is 1. The number of hydrogen-bond acceptors (Lipinski definition) is 5. The minimum Gasteiger partial charge on any atom is -0.343 e. The molecule has 0 saturated carbocycles. The molecule has 8 nitrogen and oxygen atoms in total. The predicted molar refractivity (Wildman–Crippen MR) is 88.7 cm³/mol. The second kappa shape index (κ2) is 6.14. The van der Waals surface area contributed by atoms with Crippen LogP contribution in [0.5, 0.6) is 0 Å². The Balaban J connectivity index is 1.85. The minimum absolute atomic E-state index is 0.0123. The molecule has 2 heterocycles. The second-order valence-electron chi connectivity index (χ2n) is 6.10. The Kier molecular flexibility index (Phi) is 4.31. The molecule has 1 aliphatic rings. The number of carbonyl (C=O) groups is 1. The van der Waals surface area contributed by atoms with Gasteiger partial charge in [-0.25, -0.2) is 12.7 Å². The van der Waals surface area contributed by atoms with Gasteiger partial charge in [-0.2, -0.15) is 15.0 Å². The first-order valence-corrected chi connectivity index (χ1v) is 9.31. The average Bonchev–Trinajstić information content (AvgIpc) is 3.07. The zero-order valence-corrected chi connectivity index (χ0v) is 14.8. The van der Waals surface area contributed by atoms with E-state index in [-0.39, 0.29) is 16.7 Å². The highest BCUT2D eigenvalue weighted by Gasteiger charge is 2.33. The lowest BCUT2D eigenvalue weighted by atomic mass is 10.1. The van der Waals surface area contributed by atoms with Gasteiger partial charge in [-0.05, 0) is 25.0 Å². The van der Waals surface area contributed by atoms with Crippen LogP contribution in [0.1, 0.15) is 13.3 Å². The summed E-state index contributed by atoms with van der Waals surface area (Å²) in [5, 5.41) is 8.32. The Morgan fingerprint density at radius 3 is 2.75 bits per heavy atom. The lowest BCUT2D eigenvalue weighted by Crippen LogP contribution is -2.33. The molecule has 9 heteroatoms. The number of hydrogen-bond donors (Lipinski definition) is 0. The van der Waals surface area contributed by atoms with E-state index in [1.54, 1.807) is 37.2 Å². The van der Waals surface area contributed by atoms with E-state index in [2.05, 4.69) is 10.2 Å². The molecule has 1 fully saturated rings. The molecule has 0 unspecified atom stereocenters. The number of likely N-dealkylation sites (tertiary alicyclic amines) is 1. The molecule has 130 valence electrons. The molecule has 1 aromatic heterocycles. The van der Waals surface area contributed by atoms with Gasteiger partial charge >= 0.3 is 0 Å². The van der Waals surface area contributed by atoms with Crippen molar-refractivity contribution < 1.29 is 13.2 Å². The number of rotatable bonds is 5. The first-order valence-electron chi connectivity index (χ1n) is 7.87. The van der Waals surface area contributed by atoms with Crippen molar-refractivity contribution in [2.45, 2.75) is 18.2 Å². The number of carbonyl (C=O) groups excluding carboxylic acids is 1. The van der Waals surface area contributed by atoms with Crippen molar-refractivity contribution >= 4 is 27.0 Å². The quantitative estimate of drug-likeness (QED) is 0.781. The van der Waals surface area contributed by atoms with Gasteiger partial charge in [0.15, 0.2) is 0 Å². The first kappa shape index (κ1) is 16.8. The van der Waals surface area contributed by atoms with Crippen molar-refractivity contribution in [3.63, 3.8) is 0 Å². The monoisotopic (exact) mass is 351 g/mol. The van der Waals surface area contributed by atoms with E-state index in [9.17, 15) is 13.2 Å². The van der Waals surface area contributed by atoms with Gasteiger partial charge in [0.2, 0.25) is 15.9 Å². The summed E-state index contributed by atoms with van der Waals surface area (Å²) in [5.74, 6) is 0.0996. The molecule has 0 bridgehead atoms. The molecule has 1 amide bonds. The van der Waals surface area contributed by atoms with E-state index in [1.807, 2.05) is 6.92 Å². The number of sulfonamides is 1. The van der Waals surface area contributed by atoms with E-state index in [0.717, 1.165) is 0 Å². The molecular formula is C15H21N5O3S. The first-order chi connectivity index (χ1) is 11.3. The third-order valence-corrected chi connectivity index (χ3v) is 6.21. The highest BCUT2D eigenvalue weighted by atomic mass is 32.2. The van der Waals surface area contributed by atoms with Crippen LogP contribution in [-0.4, -0.2) is 65.2 Å². The molecule has 2 aromatic rings. The molecule has 0 radical (unpaired) electrons. The normalized spacial score (nSPS) is 18.9. The fraction of sp³-hybridized carbons (Fsp3) is 0.533. The van der Waals surface area contributed by atoms with Gasteiger partial charge in [0.05, 0.1) is 0 Å². The molecule has 0 aliphatic carbocycles. The van der Waals surface area contributed by atoms with Crippen molar-refractivity contribution in [2.24, 2.45) is 13.0 Å². The molecule has 24 heavy (non-hydrogen) atoms. The Bertz CT molecular complexity index is 876. The van der Waals surface area contributed by atoms with Crippen LogP contribution in [0.15, 0.2) is 23.1 Å². The topological polar surface area (TPSA) is 88.4 Å². The van der Waals surface area contributed by atoms with E-state index in [1.165, 1.54) is 9.10 Å². The summed E-state index contributed by atoms with van der Waals surface area (Å²) in [6.07, 6.45) is 0.392. The number of aryl methyl sites for hydroxylation is 1. The van der Waals surface area contributed by atoms with Crippen molar-refractivity contribution in [1.29, 1.82) is 0 Å². The van der Waals surface area contributed by atoms with Gasteiger partial charge < -0.3 is 4.90 Å². The number of nitrogens with zero attached hydrogens (tertiary/aromatic N) is 5. The van der Waals surface area contributed by atoms with E-state index in [4.69, 9.17) is 0 Å². The van der Waals surface area contributed by atoms with Gasteiger partial charge in [0.25, 0.3) is 0 Å². The molecule has 1 aromatic carbocycles. The highest BCUT2D eigenvalue weighted by Crippen LogP contribution is 2.25. The fourth-order valence-electron chi connectivity index (χ4n) is 3.13. The number of benzene rings is 1. The average molecular weight is 351 g/mol. The molecule has 3 rings (SSSR count). The summed E-state index contributed by atoms with van der Waals surface area (Å²) in [6.45, 7) is 3.49. The largest absolute Gasteiger partial charge is 0.343 e. The lowest BCUT2D eigenvalue weighted by molar-refractivity contribution is -0.127. The maximum Gasteiger partial charge on any atom is 0.245 e. The van der Waals surface area contributed by atoms with Crippen LogP contribution in [0.25, 0.3) is 11.0 Å². The Morgan fingerprint density at radius 1 is 1.33 bits per heavy atom. The maximum absolute atomic E-state index is 12.9. The molecule has 1 atom stereocenters. The minimum atomic E-state index is -3.69. The van der Waals surface area contributed by atoms with Crippen LogP contribution in [0.4, 0.5) is 0 Å². The molecule has 0 N–H and O–H groups in total. The number of amides is 1. The predicted octanol–water partition coefficient (Wildman–Crippen LogP) is 0.457. The summed E-state index contributed by atoms with van der Waals surface area (Å²) in [7, 11) is -0.492. The zero-order valence-electron chi connectivity index (χ0n) is 14.0. The second-order valence-corrected chi connectivity index (χ2v) is 8.11.